The zero-order valence-electron chi connectivity index (χ0n) is 11.4. The second kappa shape index (κ2) is 4.96. The van der Waals surface area contributed by atoms with E-state index in [1.54, 1.807) is 29.7 Å². The summed E-state index contributed by atoms with van der Waals surface area (Å²) in [5, 5.41) is 0. The number of nitrogens with zero attached hydrogens (tertiary/aromatic N) is 1. The lowest BCUT2D eigenvalue weighted by Crippen LogP contribution is -1.97. The maximum atomic E-state index is 13.6. The van der Waals surface area contributed by atoms with E-state index in [9.17, 15) is 8.78 Å². The summed E-state index contributed by atoms with van der Waals surface area (Å²) in [6.45, 7) is 1.68. The standard InChI is InChI=1S/C15H12F2N2OS/c1-8-5-13-12(7-11(8)17)18-15(21)19(13)9-3-4-10(16)14(6-9)20-2/h3-7H,1-2H3,(H,18,21). The number of nitrogens with one attached hydrogen (secondary N) is 1. The van der Waals surface area contributed by atoms with Crippen LogP contribution in [0.5, 0.6) is 5.75 Å². The highest BCUT2D eigenvalue weighted by molar-refractivity contribution is 7.71. The van der Waals surface area contributed by atoms with Gasteiger partial charge in [-0.1, -0.05) is 0 Å². The molecule has 0 spiro atoms. The van der Waals surface area contributed by atoms with Crippen molar-refractivity contribution in [1.29, 1.82) is 0 Å². The Bertz CT molecular complexity index is 899. The molecule has 0 aliphatic rings. The van der Waals surface area contributed by atoms with E-state index >= 15 is 0 Å². The van der Waals surface area contributed by atoms with E-state index in [2.05, 4.69) is 4.98 Å². The second-order valence-electron chi connectivity index (χ2n) is 4.70. The number of hydrogen-bond donors (Lipinski definition) is 1. The van der Waals surface area contributed by atoms with Crippen LogP contribution < -0.4 is 4.74 Å². The number of imidazole rings is 1. The molecular formula is C15H12F2N2OS. The fourth-order valence-electron chi connectivity index (χ4n) is 2.28. The summed E-state index contributed by atoms with van der Waals surface area (Å²) in [5.41, 5.74) is 2.48. The number of methoxy groups -OCH3 is 1. The van der Waals surface area contributed by atoms with Gasteiger partial charge in [0.25, 0.3) is 0 Å². The fourth-order valence-corrected chi connectivity index (χ4v) is 2.59. The van der Waals surface area contributed by atoms with Crippen LogP contribution in [0.4, 0.5) is 8.78 Å². The molecule has 0 bridgehead atoms. The Morgan fingerprint density at radius 3 is 2.62 bits per heavy atom. The Labute approximate surface area is 124 Å². The maximum absolute atomic E-state index is 13.6. The van der Waals surface area contributed by atoms with Gasteiger partial charge in [0.2, 0.25) is 0 Å². The largest absolute Gasteiger partial charge is 0.494 e. The van der Waals surface area contributed by atoms with Gasteiger partial charge in [-0.3, -0.25) is 4.57 Å². The Kier molecular flexibility index (Phi) is 3.25. The minimum absolute atomic E-state index is 0.127. The number of aromatic amines is 1. The lowest BCUT2D eigenvalue weighted by molar-refractivity contribution is 0.386. The molecule has 1 N–H and O–H groups in total. The maximum Gasteiger partial charge on any atom is 0.182 e. The van der Waals surface area contributed by atoms with Crippen LogP contribution in [-0.2, 0) is 0 Å². The molecule has 0 saturated heterocycles. The molecule has 0 fully saturated rings. The summed E-state index contributed by atoms with van der Waals surface area (Å²) in [5.74, 6) is -0.625. The Hall–Kier alpha value is -2.21. The van der Waals surface area contributed by atoms with E-state index in [1.807, 2.05) is 0 Å². The molecule has 6 heteroatoms. The molecule has 0 unspecified atom stereocenters. The Morgan fingerprint density at radius 1 is 1.14 bits per heavy atom. The minimum Gasteiger partial charge on any atom is -0.494 e. The molecule has 0 amide bonds. The predicted molar refractivity (Wildman–Crippen MR) is 79.7 cm³/mol. The number of aryl methyl sites for hydroxylation is 1. The lowest BCUT2D eigenvalue weighted by atomic mass is 10.2. The van der Waals surface area contributed by atoms with Crippen LogP contribution in [0.15, 0.2) is 30.3 Å². The van der Waals surface area contributed by atoms with Gasteiger partial charge in [-0.15, -0.1) is 0 Å². The van der Waals surface area contributed by atoms with E-state index in [0.717, 1.165) is 5.52 Å². The summed E-state index contributed by atoms with van der Waals surface area (Å²) in [6, 6.07) is 7.56. The van der Waals surface area contributed by atoms with Gasteiger partial charge in [-0.05, 0) is 49.0 Å². The highest BCUT2D eigenvalue weighted by atomic mass is 32.1. The lowest BCUT2D eigenvalue weighted by Gasteiger charge is -2.08. The summed E-state index contributed by atoms with van der Waals surface area (Å²) in [4.78, 5) is 2.95. The van der Waals surface area contributed by atoms with E-state index < -0.39 is 5.82 Å². The fraction of sp³-hybridized carbons (Fsp3) is 0.133. The van der Waals surface area contributed by atoms with Crippen LogP contribution in [0.1, 0.15) is 5.56 Å². The molecule has 1 heterocycles. The van der Waals surface area contributed by atoms with Gasteiger partial charge < -0.3 is 9.72 Å². The van der Waals surface area contributed by atoms with Gasteiger partial charge in [0.15, 0.2) is 16.3 Å². The van der Waals surface area contributed by atoms with Crippen LogP contribution in [0.2, 0.25) is 0 Å². The summed E-state index contributed by atoms with van der Waals surface area (Å²) >= 11 is 5.28. The molecule has 1 aromatic heterocycles. The zero-order valence-corrected chi connectivity index (χ0v) is 12.2. The second-order valence-corrected chi connectivity index (χ2v) is 5.09. The van der Waals surface area contributed by atoms with Crippen molar-refractivity contribution in [3.8, 4) is 11.4 Å². The van der Waals surface area contributed by atoms with Crippen molar-refractivity contribution in [2.75, 3.05) is 7.11 Å². The van der Waals surface area contributed by atoms with Gasteiger partial charge in [0.05, 0.1) is 23.8 Å². The SMILES string of the molecule is COc1cc(-n2c(=S)[nH]c3cc(F)c(C)cc32)ccc1F. The Balaban J connectivity index is 2.32. The van der Waals surface area contributed by atoms with Gasteiger partial charge in [0, 0.05) is 6.07 Å². The quantitative estimate of drug-likeness (QED) is 0.716. The molecule has 21 heavy (non-hydrogen) atoms. The third-order valence-corrected chi connectivity index (χ3v) is 3.64. The van der Waals surface area contributed by atoms with Crippen LogP contribution in [0, 0.1) is 23.3 Å². The van der Waals surface area contributed by atoms with Crippen molar-refractivity contribution in [3.63, 3.8) is 0 Å². The number of benzene rings is 2. The van der Waals surface area contributed by atoms with Gasteiger partial charge in [0.1, 0.15) is 5.82 Å². The van der Waals surface area contributed by atoms with Crippen LogP contribution in [0.25, 0.3) is 16.7 Å². The number of halogens is 2. The minimum atomic E-state index is -0.449. The molecule has 0 saturated carbocycles. The average Bonchev–Trinajstić information content (AvgIpc) is 2.75. The van der Waals surface area contributed by atoms with Crippen molar-refractivity contribution < 1.29 is 13.5 Å². The van der Waals surface area contributed by atoms with Crippen LogP contribution in [-0.4, -0.2) is 16.7 Å². The first-order valence-electron chi connectivity index (χ1n) is 6.26. The highest BCUT2D eigenvalue weighted by Crippen LogP contribution is 2.26. The normalized spacial score (nSPS) is 11.0. The third-order valence-electron chi connectivity index (χ3n) is 3.36. The molecule has 3 rings (SSSR count). The molecule has 2 aromatic carbocycles. The predicted octanol–water partition coefficient (Wildman–Crippen LogP) is 4.28. The molecule has 108 valence electrons. The Morgan fingerprint density at radius 2 is 1.90 bits per heavy atom. The highest BCUT2D eigenvalue weighted by Gasteiger charge is 2.11. The first-order valence-corrected chi connectivity index (χ1v) is 6.67. The molecule has 0 atom stereocenters. The van der Waals surface area contributed by atoms with Gasteiger partial charge in [-0.2, -0.15) is 0 Å². The molecule has 0 aliphatic heterocycles. The first-order chi connectivity index (χ1) is 10.0. The third kappa shape index (κ3) is 2.21. The van der Waals surface area contributed by atoms with Gasteiger partial charge in [-0.25, -0.2) is 8.78 Å². The van der Waals surface area contributed by atoms with E-state index in [-0.39, 0.29) is 11.6 Å². The number of H-pyrrole nitrogens is 1. The van der Waals surface area contributed by atoms with Crippen molar-refractivity contribution in [2.45, 2.75) is 6.92 Å². The summed E-state index contributed by atoms with van der Waals surface area (Å²) < 4.78 is 34.3. The van der Waals surface area contributed by atoms with Crippen LogP contribution in [0.3, 0.4) is 0 Å². The number of fused-ring (bicyclic) bond motifs is 1. The van der Waals surface area contributed by atoms with Crippen molar-refractivity contribution in [1.82, 2.24) is 9.55 Å². The van der Waals surface area contributed by atoms with Crippen molar-refractivity contribution in [2.24, 2.45) is 0 Å². The van der Waals surface area contributed by atoms with E-state index in [0.29, 0.717) is 21.5 Å². The summed E-state index contributed by atoms with van der Waals surface area (Å²) in [7, 11) is 1.40. The monoisotopic (exact) mass is 306 g/mol. The van der Waals surface area contributed by atoms with Crippen LogP contribution >= 0.6 is 12.2 Å². The molecule has 3 nitrogen and oxygen atoms in total. The van der Waals surface area contributed by atoms with Gasteiger partial charge >= 0.3 is 0 Å². The van der Waals surface area contributed by atoms with E-state index in [4.69, 9.17) is 17.0 Å². The topological polar surface area (TPSA) is 29.9 Å². The molecular weight excluding hydrogens is 294 g/mol. The van der Waals surface area contributed by atoms with Crippen molar-refractivity contribution in [3.05, 3.63) is 52.3 Å². The molecule has 0 radical (unpaired) electrons. The molecule has 0 aliphatic carbocycles. The number of rotatable bonds is 2. The van der Waals surface area contributed by atoms with E-state index in [1.165, 1.54) is 19.2 Å². The average molecular weight is 306 g/mol. The number of aromatic nitrogens is 2. The van der Waals surface area contributed by atoms with Crippen molar-refractivity contribution >= 4 is 23.3 Å². The molecule has 3 aromatic rings. The summed E-state index contributed by atoms with van der Waals surface area (Å²) in [6.07, 6.45) is 0. The zero-order chi connectivity index (χ0) is 15.1. The first kappa shape index (κ1) is 13.8. The number of ether oxygens (including phenoxy) is 1. The smallest absolute Gasteiger partial charge is 0.182 e. The number of hydrogen-bond acceptors (Lipinski definition) is 2.